The molecule has 0 bridgehead atoms. The average molecular weight is 290 g/mol. The molecule has 1 saturated carbocycles. The van der Waals surface area contributed by atoms with Gasteiger partial charge in [0, 0.05) is 43.0 Å². The van der Waals surface area contributed by atoms with Crippen LogP contribution in [-0.2, 0) is 6.54 Å². The van der Waals surface area contributed by atoms with Crippen LogP contribution in [0.4, 0.5) is 0 Å². The number of aromatic nitrogens is 2. The number of likely N-dealkylation sites (tertiary alicyclic amines) is 1. The lowest BCUT2D eigenvalue weighted by atomic mass is 10.2. The second kappa shape index (κ2) is 6.47. The molecule has 1 aromatic heterocycles. The highest BCUT2D eigenvalue weighted by molar-refractivity contribution is 5.80. The number of guanidine groups is 1. The minimum atomic E-state index is 0.522. The summed E-state index contributed by atoms with van der Waals surface area (Å²) in [6.45, 7) is 8.06. The minimum Gasteiger partial charge on any atom is -0.357 e. The SMILES string of the molecule is CCNC(=NCc1cn[nH]c1C)NC1CCN(C2CC2)C1. The van der Waals surface area contributed by atoms with Crippen molar-refractivity contribution in [2.45, 2.75) is 51.7 Å². The summed E-state index contributed by atoms with van der Waals surface area (Å²) < 4.78 is 0. The van der Waals surface area contributed by atoms with Gasteiger partial charge in [-0.05, 0) is 33.1 Å². The molecule has 1 atom stereocenters. The second-order valence-electron chi connectivity index (χ2n) is 6.07. The quantitative estimate of drug-likeness (QED) is 0.559. The lowest BCUT2D eigenvalue weighted by molar-refractivity contribution is 0.321. The van der Waals surface area contributed by atoms with Gasteiger partial charge < -0.3 is 10.6 Å². The Bertz CT molecular complexity index is 490. The molecule has 2 heterocycles. The molecule has 0 spiro atoms. The molecule has 0 amide bonds. The van der Waals surface area contributed by atoms with Crippen LogP contribution < -0.4 is 10.6 Å². The molecule has 1 aliphatic carbocycles. The maximum atomic E-state index is 4.68. The molecule has 0 radical (unpaired) electrons. The fourth-order valence-electron chi connectivity index (χ4n) is 2.89. The zero-order chi connectivity index (χ0) is 14.7. The van der Waals surface area contributed by atoms with Gasteiger partial charge in [-0.15, -0.1) is 0 Å². The van der Waals surface area contributed by atoms with Crippen LogP contribution in [0.1, 0.15) is 37.4 Å². The first-order valence-corrected chi connectivity index (χ1v) is 8.04. The maximum Gasteiger partial charge on any atom is 0.191 e. The van der Waals surface area contributed by atoms with Gasteiger partial charge in [0.15, 0.2) is 5.96 Å². The van der Waals surface area contributed by atoms with Crippen LogP contribution in [0.5, 0.6) is 0 Å². The van der Waals surface area contributed by atoms with Crippen LogP contribution in [0.15, 0.2) is 11.2 Å². The van der Waals surface area contributed by atoms with E-state index in [-0.39, 0.29) is 0 Å². The number of aromatic amines is 1. The van der Waals surface area contributed by atoms with Gasteiger partial charge in [0.1, 0.15) is 0 Å². The van der Waals surface area contributed by atoms with E-state index in [1.807, 2.05) is 13.1 Å². The highest BCUT2D eigenvalue weighted by Crippen LogP contribution is 2.29. The number of rotatable bonds is 5. The van der Waals surface area contributed by atoms with Crippen LogP contribution in [0, 0.1) is 6.92 Å². The third kappa shape index (κ3) is 3.75. The first-order chi connectivity index (χ1) is 10.3. The summed E-state index contributed by atoms with van der Waals surface area (Å²) in [5.74, 6) is 0.917. The first-order valence-electron chi connectivity index (χ1n) is 8.04. The average Bonchev–Trinajstić information content (AvgIpc) is 3.09. The number of hydrogen-bond acceptors (Lipinski definition) is 3. The highest BCUT2D eigenvalue weighted by Gasteiger charge is 2.34. The van der Waals surface area contributed by atoms with Crippen LogP contribution in [-0.4, -0.2) is 52.8 Å². The van der Waals surface area contributed by atoms with Gasteiger partial charge in [-0.1, -0.05) is 0 Å². The Hall–Kier alpha value is -1.56. The van der Waals surface area contributed by atoms with E-state index in [4.69, 9.17) is 0 Å². The number of nitrogens with zero attached hydrogens (tertiary/aromatic N) is 3. The summed E-state index contributed by atoms with van der Waals surface area (Å²) in [5.41, 5.74) is 2.24. The van der Waals surface area contributed by atoms with Gasteiger partial charge in [-0.25, -0.2) is 4.99 Å². The Morgan fingerprint density at radius 1 is 1.48 bits per heavy atom. The minimum absolute atomic E-state index is 0.522. The van der Waals surface area contributed by atoms with E-state index in [9.17, 15) is 0 Å². The summed E-state index contributed by atoms with van der Waals surface area (Å²) in [5, 5.41) is 13.9. The largest absolute Gasteiger partial charge is 0.357 e. The van der Waals surface area contributed by atoms with Crippen LogP contribution >= 0.6 is 0 Å². The molecule has 0 aromatic carbocycles. The molecule has 6 heteroatoms. The molecule has 116 valence electrons. The Morgan fingerprint density at radius 3 is 3.00 bits per heavy atom. The van der Waals surface area contributed by atoms with E-state index in [2.05, 4.69) is 37.6 Å². The van der Waals surface area contributed by atoms with E-state index < -0.39 is 0 Å². The molecular formula is C15H26N6. The summed E-state index contributed by atoms with van der Waals surface area (Å²) >= 11 is 0. The Labute approximate surface area is 126 Å². The second-order valence-corrected chi connectivity index (χ2v) is 6.07. The van der Waals surface area contributed by atoms with Crippen molar-refractivity contribution in [1.29, 1.82) is 0 Å². The van der Waals surface area contributed by atoms with E-state index in [1.54, 1.807) is 0 Å². The van der Waals surface area contributed by atoms with Crippen molar-refractivity contribution in [3.63, 3.8) is 0 Å². The topological polar surface area (TPSA) is 68.3 Å². The number of hydrogen-bond donors (Lipinski definition) is 3. The molecule has 1 aromatic rings. The van der Waals surface area contributed by atoms with Gasteiger partial charge in [0.05, 0.1) is 12.7 Å². The van der Waals surface area contributed by atoms with Crippen LogP contribution in [0.2, 0.25) is 0 Å². The van der Waals surface area contributed by atoms with Crippen molar-refractivity contribution >= 4 is 5.96 Å². The molecule has 1 saturated heterocycles. The predicted molar refractivity (Wildman–Crippen MR) is 84.3 cm³/mol. The molecule has 3 N–H and O–H groups in total. The predicted octanol–water partition coefficient (Wildman–Crippen LogP) is 1.01. The standard InChI is InChI=1S/C15H26N6/c1-3-16-15(17-8-12-9-18-20-11(12)2)19-13-6-7-21(10-13)14-4-5-14/h9,13-14H,3-8,10H2,1-2H3,(H,18,20)(H2,16,17,19). The van der Waals surface area contributed by atoms with Crippen molar-refractivity contribution in [2.24, 2.45) is 4.99 Å². The monoisotopic (exact) mass is 290 g/mol. The van der Waals surface area contributed by atoms with Gasteiger partial charge in [0.25, 0.3) is 0 Å². The van der Waals surface area contributed by atoms with E-state index in [0.29, 0.717) is 12.6 Å². The van der Waals surface area contributed by atoms with Crippen molar-refractivity contribution < 1.29 is 0 Å². The Kier molecular flexibility index (Phi) is 4.43. The van der Waals surface area contributed by atoms with Crippen molar-refractivity contribution in [2.75, 3.05) is 19.6 Å². The molecule has 21 heavy (non-hydrogen) atoms. The van der Waals surface area contributed by atoms with E-state index in [0.717, 1.165) is 36.3 Å². The van der Waals surface area contributed by atoms with Gasteiger partial charge in [-0.3, -0.25) is 10.00 Å². The van der Waals surface area contributed by atoms with E-state index in [1.165, 1.54) is 25.8 Å². The Morgan fingerprint density at radius 2 is 2.33 bits per heavy atom. The van der Waals surface area contributed by atoms with Gasteiger partial charge >= 0.3 is 0 Å². The zero-order valence-electron chi connectivity index (χ0n) is 13.0. The maximum absolute atomic E-state index is 4.68. The van der Waals surface area contributed by atoms with Gasteiger partial charge in [0.2, 0.25) is 0 Å². The number of H-pyrrole nitrogens is 1. The number of aryl methyl sites for hydroxylation is 1. The first kappa shape index (κ1) is 14.4. The summed E-state index contributed by atoms with van der Waals surface area (Å²) in [6, 6.07) is 1.39. The third-order valence-electron chi connectivity index (χ3n) is 4.31. The number of aliphatic imine (C=N–C) groups is 1. The zero-order valence-corrected chi connectivity index (χ0v) is 13.0. The summed E-state index contributed by atoms with van der Waals surface area (Å²) in [6.07, 6.45) is 5.85. The summed E-state index contributed by atoms with van der Waals surface area (Å²) in [4.78, 5) is 7.29. The molecule has 2 aliphatic rings. The molecule has 1 aliphatic heterocycles. The third-order valence-corrected chi connectivity index (χ3v) is 4.31. The fraction of sp³-hybridized carbons (Fsp3) is 0.733. The fourth-order valence-corrected chi connectivity index (χ4v) is 2.89. The molecular weight excluding hydrogens is 264 g/mol. The lowest BCUT2D eigenvalue weighted by Gasteiger charge is -2.18. The highest BCUT2D eigenvalue weighted by atomic mass is 15.3. The van der Waals surface area contributed by atoms with Crippen molar-refractivity contribution in [3.05, 3.63) is 17.5 Å². The van der Waals surface area contributed by atoms with Crippen LogP contribution in [0.3, 0.4) is 0 Å². The van der Waals surface area contributed by atoms with Crippen molar-refractivity contribution in [3.8, 4) is 0 Å². The normalized spacial score (nSPS) is 23.5. The smallest absolute Gasteiger partial charge is 0.191 e. The molecule has 2 fully saturated rings. The van der Waals surface area contributed by atoms with Gasteiger partial charge in [-0.2, -0.15) is 5.10 Å². The number of nitrogens with one attached hydrogen (secondary N) is 3. The molecule has 1 unspecified atom stereocenters. The van der Waals surface area contributed by atoms with Crippen molar-refractivity contribution in [1.82, 2.24) is 25.7 Å². The van der Waals surface area contributed by atoms with Crippen LogP contribution in [0.25, 0.3) is 0 Å². The Balaban J connectivity index is 1.55. The summed E-state index contributed by atoms with van der Waals surface area (Å²) in [7, 11) is 0. The lowest BCUT2D eigenvalue weighted by Crippen LogP contribution is -2.44. The molecule has 6 nitrogen and oxygen atoms in total. The molecule has 3 rings (SSSR count). The van der Waals surface area contributed by atoms with E-state index >= 15 is 0 Å².